The number of rotatable bonds is 3. The van der Waals surface area contributed by atoms with Crippen LogP contribution in [0.3, 0.4) is 0 Å². The molecule has 4 rings (SSSR count). The molecule has 0 spiro atoms. The highest BCUT2D eigenvalue weighted by atomic mass is 16.7. The van der Waals surface area contributed by atoms with Gasteiger partial charge >= 0.3 is 5.69 Å². The van der Waals surface area contributed by atoms with Gasteiger partial charge in [0.2, 0.25) is 6.79 Å². The van der Waals surface area contributed by atoms with Crippen LogP contribution in [0.1, 0.15) is 15.9 Å². The number of aromatic nitrogens is 2. The predicted molar refractivity (Wildman–Crippen MR) is 82.7 cm³/mol. The maximum atomic E-state index is 12.4. The van der Waals surface area contributed by atoms with E-state index in [1.165, 1.54) is 0 Å². The van der Waals surface area contributed by atoms with Gasteiger partial charge < -0.3 is 24.8 Å². The van der Waals surface area contributed by atoms with E-state index < -0.39 is 0 Å². The normalized spacial score (nSPS) is 12.5. The Kier molecular flexibility index (Phi) is 3.04. The smallest absolute Gasteiger partial charge is 0.323 e. The third-order valence-corrected chi connectivity index (χ3v) is 3.69. The second kappa shape index (κ2) is 5.20. The first kappa shape index (κ1) is 13.4. The maximum absolute atomic E-state index is 12.4. The molecule has 1 aromatic heterocycles. The lowest BCUT2D eigenvalue weighted by Gasteiger charge is -2.07. The summed E-state index contributed by atoms with van der Waals surface area (Å²) in [5, 5.41) is 2.84. The molecule has 2 heterocycles. The van der Waals surface area contributed by atoms with Crippen LogP contribution in [0.15, 0.2) is 41.2 Å². The van der Waals surface area contributed by atoms with Gasteiger partial charge in [0.15, 0.2) is 11.5 Å². The first-order valence-corrected chi connectivity index (χ1v) is 7.08. The molecule has 0 aliphatic carbocycles. The summed E-state index contributed by atoms with van der Waals surface area (Å²) in [5.74, 6) is 1.12. The first-order chi connectivity index (χ1) is 11.2. The molecule has 0 bridgehead atoms. The SMILES string of the molecule is O=C(NCc1ccc2c(c1)OCO2)c1cccc2[nH]c(=O)[nH]c12. The van der Waals surface area contributed by atoms with Crippen molar-refractivity contribution >= 4 is 16.9 Å². The lowest BCUT2D eigenvalue weighted by atomic mass is 10.1. The number of hydrogen-bond donors (Lipinski definition) is 3. The van der Waals surface area contributed by atoms with Gasteiger partial charge in [0, 0.05) is 6.54 Å². The second-order valence-corrected chi connectivity index (χ2v) is 5.18. The number of para-hydroxylation sites is 1. The number of H-pyrrole nitrogens is 2. The molecule has 23 heavy (non-hydrogen) atoms. The minimum atomic E-state index is -0.337. The van der Waals surface area contributed by atoms with Gasteiger partial charge in [0.1, 0.15) is 0 Å². The zero-order valence-corrected chi connectivity index (χ0v) is 12.0. The molecule has 0 atom stereocenters. The average Bonchev–Trinajstić information content (AvgIpc) is 3.16. The van der Waals surface area contributed by atoms with E-state index in [-0.39, 0.29) is 18.4 Å². The number of fused-ring (bicyclic) bond motifs is 2. The molecule has 1 amide bonds. The minimum absolute atomic E-state index is 0.216. The lowest BCUT2D eigenvalue weighted by molar-refractivity contribution is 0.0952. The molecule has 0 saturated carbocycles. The van der Waals surface area contributed by atoms with Crippen LogP contribution in [0.2, 0.25) is 0 Å². The first-order valence-electron chi connectivity index (χ1n) is 7.08. The molecular weight excluding hydrogens is 298 g/mol. The standard InChI is InChI=1S/C16H13N3O4/c20-15(10-2-1-3-11-14(10)19-16(21)18-11)17-7-9-4-5-12-13(6-9)23-8-22-12/h1-6H,7-8H2,(H,17,20)(H2,18,19,21). The van der Waals surface area contributed by atoms with Crippen molar-refractivity contribution in [1.82, 2.24) is 15.3 Å². The van der Waals surface area contributed by atoms with Gasteiger partial charge in [0.25, 0.3) is 5.91 Å². The monoisotopic (exact) mass is 311 g/mol. The number of ether oxygens (including phenoxy) is 2. The molecule has 1 aliphatic heterocycles. The van der Waals surface area contributed by atoms with Gasteiger partial charge in [-0.2, -0.15) is 0 Å². The number of imidazole rings is 1. The Bertz CT molecular complexity index is 957. The van der Waals surface area contributed by atoms with Crippen molar-refractivity contribution in [1.29, 1.82) is 0 Å². The highest BCUT2D eigenvalue weighted by Gasteiger charge is 2.15. The Morgan fingerprint density at radius 3 is 2.91 bits per heavy atom. The predicted octanol–water partition coefficient (Wildman–Crippen LogP) is 1.51. The highest BCUT2D eigenvalue weighted by Crippen LogP contribution is 2.32. The summed E-state index contributed by atoms with van der Waals surface area (Å²) in [5.41, 5.74) is 2.08. The summed E-state index contributed by atoms with van der Waals surface area (Å²) in [6.07, 6.45) is 0. The van der Waals surface area contributed by atoms with E-state index in [0.717, 1.165) is 5.56 Å². The number of aromatic amines is 2. The van der Waals surface area contributed by atoms with E-state index in [4.69, 9.17) is 9.47 Å². The molecule has 2 aromatic carbocycles. The van der Waals surface area contributed by atoms with Gasteiger partial charge in [-0.1, -0.05) is 12.1 Å². The Morgan fingerprint density at radius 1 is 1.13 bits per heavy atom. The Hall–Kier alpha value is -3.22. The van der Waals surface area contributed by atoms with Gasteiger partial charge in [-0.15, -0.1) is 0 Å². The van der Waals surface area contributed by atoms with Gasteiger partial charge in [-0.05, 0) is 29.8 Å². The summed E-state index contributed by atoms with van der Waals surface area (Å²) in [4.78, 5) is 29.0. The third kappa shape index (κ3) is 2.42. The van der Waals surface area contributed by atoms with Crippen LogP contribution in [0.4, 0.5) is 0 Å². The second-order valence-electron chi connectivity index (χ2n) is 5.18. The van der Waals surface area contributed by atoms with Gasteiger partial charge in [0.05, 0.1) is 16.6 Å². The number of benzene rings is 2. The van der Waals surface area contributed by atoms with Gasteiger partial charge in [-0.25, -0.2) is 4.79 Å². The molecule has 1 aliphatic rings. The summed E-state index contributed by atoms with van der Waals surface area (Å²) >= 11 is 0. The fourth-order valence-electron chi connectivity index (χ4n) is 2.58. The van der Waals surface area contributed by atoms with Crippen LogP contribution in [0.25, 0.3) is 11.0 Å². The van der Waals surface area contributed by atoms with E-state index >= 15 is 0 Å². The fourth-order valence-corrected chi connectivity index (χ4v) is 2.58. The summed E-state index contributed by atoms with van der Waals surface area (Å²) in [6, 6.07) is 10.6. The molecule has 7 heteroatoms. The van der Waals surface area contributed by atoms with E-state index in [9.17, 15) is 9.59 Å². The van der Waals surface area contributed by atoms with E-state index in [2.05, 4.69) is 15.3 Å². The van der Waals surface area contributed by atoms with Crippen LogP contribution in [-0.2, 0) is 6.54 Å². The number of amides is 1. The van der Waals surface area contributed by atoms with Crippen LogP contribution in [-0.4, -0.2) is 22.7 Å². The molecule has 3 N–H and O–H groups in total. The van der Waals surface area contributed by atoms with Crippen LogP contribution in [0.5, 0.6) is 11.5 Å². The molecule has 7 nitrogen and oxygen atoms in total. The molecule has 3 aromatic rings. The number of nitrogens with one attached hydrogen (secondary N) is 3. The Labute approximate surface area is 130 Å². The summed E-state index contributed by atoms with van der Waals surface area (Å²) in [6.45, 7) is 0.564. The quantitative estimate of drug-likeness (QED) is 0.683. The summed E-state index contributed by atoms with van der Waals surface area (Å²) in [7, 11) is 0. The molecule has 0 fully saturated rings. The van der Waals surface area contributed by atoms with Crippen LogP contribution < -0.4 is 20.5 Å². The van der Waals surface area contributed by atoms with E-state index in [0.29, 0.717) is 34.6 Å². The van der Waals surface area contributed by atoms with Crippen molar-refractivity contribution in [2.45, 2.75) is 6.54 Å². The van der Waals surface area contributed by atoms with E-state index in [1.54, 1.807) is 18.2 Å². The molecule has 0 saturated heterocycles. The maximum Gasteiger partial charge on any atom is 0.323 e. The molecule has 0 radical (unpaired) electrons. The van der Waals surface area contributed by atoms with Crippen molar-refractivity contribution in [3.05, 3.63) is 58.0 Å². The van der Waals surface area contributed by atoms with Crippen LogP contribution >= 0.6 is 0 Å². The van der Waals surface area contributed by atoms with E-state index in [1.807, 2.05) is 18.2 Å². The zero-order valence-electron chi connectivity index (χ0n) is 12.0. The largest absolute Gasteiger partial charge is 0.454 e. The van der Waals surface area contributed by atoms with Crippen molar-refractivity contribution in [3.63, 3.8) is 0 Å². The van der Waals surface area contributed by atoms with Crippen LogP contribution in [0, 0.1) is 0 Å². The average molecular weight is 311 g/mol. The third-order valence-electron chi connectivity index (χ3n) is 3.69. The topological polar surface area (TPSA) is 96.2 Å². The molecule has 116 valence electrons. The zero-order chi connectivity index (χ0) is 15.8. The molecular formula is C16H13N3O4. The van der Waals surface area contributed by atoms with Crippen molar-refractivity contribution in [2.24, 2.45) is 0 Å². The number of carbonyl (C=O) groups excluding carboxylic acids is 1. The molecule has 0 unspecified atom stereocenters. The Morgan fingerprint density at radius 2 is 2.00 bits per heavy atom. The fraction of sp³-hybridized carbons (Fsp3) is 0.125. The highest BCUT2D eigenvalue weighted by molar-refractivity contribution is 6.04. The number of carbonyl (C=O) groups is 1. The summed E-state index contributed by atoms with van der Waals surface area (Å²) < 4.78 is 10.6. The lowest BCUT2D eigenvalue weighted by Crippen LogP contribution is -2.23. The van der Waals surface area contributed by atoms with Gasteiger partial charge in [-0.3, -0.25) is 4.79 Å². The van der Waals surface area contributed by atoms with Crippen molar-refractivity contribution < 1.29 is 14.3 Å². The minimum Gasteiger partial charge on any atom is -0.454 e. The Balaban J connectivity index is 1.54. The van der Waals surface area contributed by atoms with Crippen molar-refractivity contribution in [3.8, 4) is 11.5 Å². The van der Waals surface area contributed by atoms with Crippen molar-refractivity contribution in [2.75, 3.05) is 6.79 Å². The number of hydrogen-bond acceptors (Lipinski definition) is 4.